The van der Waals surface area contributed by atoms with Gasteiger partial charge in [0.05, 0.1) is 0 Å². The van der Waals surface area contributed by atoms with Gasteiger partial charge in [0.15, 0.2) is 0 Å². The molecular weight excluding hydrogens is 222 g/mol. The van der Waals surface area contributed by atoms with Crippen molar-refractivity contribution in [2.45, 2.75) is 44.1 Å². The second-order valence-corrected chi connectivity index (χ2v) is 4.49. The van der Waals surface area contributed by atoms with E-state index < -0.39 is 11.5 Å². The van der Waals surface area contributed by atoms with E-state index in [0.29, 0.717) is 31.5 Å². The Morgan fingerprint density at radius 1 is 1.47 bits per heavy atom. The number of aryl methyl sites for hydroxylation is 1. The average molecular weight is 239 g/mol. The molecule has 0 spiro atoms. The van der Waals surface area contributed by atoms with Crippen LogP contribution in [0, 0.1) is 0 Å². The summed E-state index contributed by atoms with van der Waals surface area (Å²) < 4.78 is 1.70. The van der Waals surface area contributed by atoms with Crippen LogP contribution in [0.25, 0.3) is 0 Å². The lowest BCUT2D eigenvalue weighted by atomic mass is 9.76. The molecule has 0 radical (unpaired) electrons. The first-order chi connectivity index (χ1) is 8.20. The van der Waals surface area contributed by atoms with Crippen LogP contribution in [-0.2, 0) is 16.8 Å². The minimum atomic E-state index is -0.821. The molecule has 0 aromatic carbocycles. The first-order valence-electron chi connectivity index (χ1n) is 5.94. The maximum Gasteiger partial charge on any atom is 0.329 e. The van der Waals surface area contributed by atoms with E-state index in [9.17, 15) is 9.90 Å². The van der Waals surface area contributed by atoms with Crippen molar-refractivity contribution in [3.05, 3.63) is 12.2 Å². The van der Waals surface area contributed by atoms with Gasteiger partial charge in [-0.25, -0.2) is 4.79 Å². The van der Waals surface area contributed by atoms with Crippen LogP contribution in [0.4, 0.5) is 0 Å². The number of unbranched alkanes of at least 4 members (excludes halogenated alkanes) is 1. The molecule has 2 N–H and O–H groups in total. The van der Waals surface area contributed by atoms with Crippen molar-refractivity contribution in [3.8, 4) is 0 Å². The van der Waals surface area contributed by atoms with Crippen LogP contribution in [0.15, 0.2) is 6.33 Å². The molecule has 1 saturated carbocycles. The van der Waals surface area contributed by atoms with Crippen LogP contribution in [0.1, 0.15) is 37.9 Å². The molecule has 0 bridgehead atoms. The molecule has 0 saturated heterocycles. The Balaban J connectivity index is 2.15. The lowest BCUT2D eigenvalue weighted by Crippen LogP contribution is -2.48. The second kappa shape index (κ2) is 4.83. The Morgan fingerprint density at radius 2 is 2.24 bits per heavy atom. The van der Waals surface area contributed by atoms with Crippen molar-refractivity contribution in [1.82, 2.24) is 14.8 Å². The van der Waals surface area contributed by atoms with Crippen molar-refractivity contribution in [2.75, 3.05) is 6.61 Å². The van der Waals surface area contributed by atoms with Gasteiger partial charge in [-0.15, -0.1) is 10.2 Å². The van der Waals surface area contributed by atoms with E-state index >= 15 is 0 Å². The predicted octanol–water partition coefficient (Wildman–Crippen LogP) is 0.557. The lowest BCUT2D eigenvalue weighted by Gasteiger charge is -2.39. The minimum absolute atomic E-state index is 0.151. The highest BCUT2D eigenvalue weighted by Gasteiger charge is 2.47. The number of aliphatic carboxylic acids is 1. The molecule has 17 heavy (non-hydrogen) atoms. The summed E-state index contributed by atoms with van der Waals surface area (Å²) in [5, 5.41) is 25.9. The van der Waals surface area contributed by atoms with Crippen LogP contribution in [0.5, 0.6) is 0 Å². The summed E-state index contributed by atoms with van der Waals surface area (Å²) in [6.45, 7) is 0.151. The number of rotatable bonds is 6. The number of carbonyl (C=O) groups is 1. The third kappa shape index (κ3) is 2.04. The lowest BCUT2D eigenvalue weighted by molar-refractivity contribution is -0.152. The van der Waals surface area contributed by atoms with Crippen molar-refractivity contribution < 1.29 is 15.0 Å². The Labute approximate surface area is 99.3 Å². The third-order valence-electron chi connectivity index (χ3n) is 3.47. The summed E-state index contributed by atoms with van der Waals surface area (Å²) >= 11 is 0. The molecule has 1 aliphatic carbocycles. The van der Waals surface area contributed by atoms with Gasteiger partial charge in [0.25, 0.3) is 0 Å². The monoisotopic (exact) mass is 239 g/mol. The third-order valence-corrected chi connectivity index (χ3v) is 3.47. The highest BCUT2D eigenvalue weighted by Crippen LogP contribution is 2.40. The summed E-state index contributed by atoms with van der Waals surface area (Å²) in [6.07, 6.45) is 5.90. The summed E-state index contributed by atoms with van der Waals surface area (Å²) in [5.74, 6) is -0.0903. The smallest absolute Gasteiger partial charge is 0.329 e. The number of hydrogen-bond donors (Lipinski definition) is 2. The molecule has 0 unspecified atom stereocenters. The Hall–Kier alpha value is -1.43. The molecule has 1 heterocycles. The van der Waals surface area contributed by atoms with Crippen LogP contribution >= 0.6 is 0 Å². The SMILES string of the molecule is O=C(O)C1(n2cnnc2CCCCO)CCC1. The van der Waals surface area contributed by atoms with E-state index in [1.807, 2.05) is 0 Å². The number of aliphatic hydroxyl groups is 1. The van der Waals surface area contributed by atoms with Crippen molar-refractivity contribution >= 4 is 5.97 Å². The molecule has 2 rings (SSSR count). The topological polar surface area (TPSA) is 88.2 Å². The fourth-order valence-corrected chi connectivity index (χ4v) is 2.25. The average Bonchev–Trinajstić information content (AvgIpc) is 2.65. The summed E-state index contributed by atoms with van der Waals surface area (Å²) in [7, 11) is 0. The highest BCUT2D eigenvalue weighted by atomic mass is 16.4. The van der Waals surface area contributed by atoms with Gasteiger partial charge in [-0.3, -0.25) is 0 Å². The van der Waals surface area contributed by atoms with Gasteiger partial charge in [-0.2, -0.15) is 0 Å². The summed E-state index contributed by atoms with van der Waals surface area (Å²) in [4.78, 5) is 11.4. The summed E-state index contributed by atoms with van der Waals surface area (Å²) in [6, 6.07) is 0. The van der Waals surface area contributed by atoms with E-state index in [0.717, 1.165) is 12.8 Å². The zero-order chi connectivity index (χ0) is 12.3. The van der Waals surface area contributed by atoms with E-state index in [2.05, 4.69) is 10.2 Å². The minimum Gasteiger partial charge on any atom is -0.479 e. The maximum atomic E-state index is 11.4. The number of carboxylic acid groups (broad SMARTS) is 1. The molecule has 0 atom stereocenters. The molecule has 0 amide bonds. The Kier molecular flexibility index (Phi) is 3.42. The van der Waals surface area contributed by atoms with Crippen molar-refractivity contribution in [1.29, 1.82) is 0 Å². The fourth-order valence-electron chi connectivity index (χ4n) is 2.25. The maximum absolute atomic E-state index is 11.4. The zero-order valence-corrected chi connectivity index (χ0v) is 9.67. The predicted molar refractivity (Wildman–Crippen MR) is 59.5 cm³/mol. The normalized spacial score (nSPS) is 17.7. The van der Waals surface area contributed by atoms with Crippen LogP contribution in [-0.4, -0.2) is 37.6 Å². The summed E-state index contributed by atoms with van der Waals surface area (Å²) in [5.41, 5.74) is -0.821. The van der Waals surface area contributed by atoms with Gasteiger partial charge < -0.3 is 14.8 Å². The van der Waals surface area contributed by atoms with E-state index in [1.165, 1.54) is 6.33 Å². The molecular formula is C11H17N3O3. The number of aliphatic hydroxyl groups excluding tert-OH is 1. The standard InChI is InChI=1S/C11H17N3O3/c15-7-2-1-4-9-13-12-8-14(9)11(10(16)17)5-3-6-11/h8,15H,1-7H2,(H,16,17). The molecule has 1 fully saturated rings. The Morgan fingerprint density at radius 3 is 2.76 bits per heavy atom. The largest absolute Gasteiger partial charge is 0.479 e. The Bertz CT molecular complexity index is 398. The molecule has 6 nitrogen and oxygen atoms in total. The van der Waals surface area contributed by atoms with Gasteiger partial charge >= 0.3 is 5.97 Å². The van der Waals surface area contributed by atoms with E-state index in [4.69, 9.17) is 5.11 Å². The van der Waals surface area contributed by atoms with Crippen LogP contribution in [0.2, 0.25) is 0 Å². The first kappa shape index (κ1) is 12.0. The fraction of sp³-hybridized carbons (Fsp3) is 0.727. The van der Waals surface area contributed by atoms with Crippen LogP contribution < -0.4 is 0 Å². The van der Waals surface area contributed by atoms with Crippen molar-refractivity contribution in [3.63, 3.8) is 0 Å². The zero-order valence-electron chi connectivity index (χ0n) is 9.67. The van der Waals surface area contributed by atoms with Gasteiger partial charge in [0, 0.05) is 13.0 Å². The van der Waals surface area contributed by atoms with Gasteiger partial charge in [-0.1, -0.05) is 0 Å². The first-order valence-corrected chi connectivity index (χ1v) is 5.94. The molecule has 1 aliphatic rings. The molecule has 0 aliphatic heterocycles. The molecule has 6 heteroatoms. The quantitative estimate of drug-likeness (QED) is 0.708. The van der Waals surface area contributed by atoms with Gasteiger partial charge in [0.2, 0.25) is 0 Å². The van der Waals surface area contributed by atoms with Crippen molar-refractivity contribution in [2.24, 2.45) is 0 Å². The molecule has 1 aromatic heterocycles. The van der Waals surface area contributed by atoms with Crippen LogP contribution in [0.3, 0.4) is 0 Å². The number of carboxylic acids is 1. The highest BCUT2D eigenvalue weighted by molar-refractivity contribution is 5.78. The molecule has 94 valence electrons. The number of hydrogen-bond acceptors (Lipinski definition) is 4. The number of aromatic nitrogens is 3. The van der Waals surface area contributed by atoms with Gasteiger partial charge in [0.1, 0.15) is 17.7 Å². The van der Waals surface area contributed by atoms with E-state index in [1.54, 1.807) is 4.57 Å². The molecule has 1 aromatic rings. The second-order valence-electron chi connectivity index (χ2n) is 4.49. The number of nitrogens with zero attached hydrogens (tertiary/aromatic N) is 3. The van der Waals surface area contributed by atoms with Gasteiger partial charge in [-0.05, 0) is 32.1 Å². The van der Waals surface area contributed by atoms with E-state index in [-0.39, 0.29) is 6.61 Å².